The fourth-order valence-electron chi connectivity index (χ4n) is 5.41. The third-order valence-electron chi connectivity index (χ3n) is 7.80. The Morgan fingerprint density at radius 3 is 1.58 bits per heavy atom. The second-order valence-electron chi connectivity index (χ2n) is 8.47. The van der Waals surface area contributed by atoms with Crippen LogP contribution < -0.4 is 0 Å². The zero-order valence-electron chi connectivity index (χ0n) is 16.5. The van der Waals surface area contributed by atoms with Gasteiger partial charge in [-0.1, -0.05) is 27.7 Å². The monoisotopic (exact) mass is 370 g/mol. The Labute approximate surface area is 156 Å². The first-order chi connectivity index (χ1) is 12.2. The maximum Gasteiger partial charge on any atom is 0.310 e. The molecule has 0 aromatic heterocycles. The summed E-state index contributed by atoms with van der Waals surface area (Å²) in [5.74, 6) is -1.31. The molecule has 2 unspecified atom stereocenters. The van der Waals surface area contributed by atoms with Gasteiger partial charge in [0.2, 0.25) is 0 Å². The van der Waals surface area contributed by atoms with Crippen LogP contribution in [-0.2, 0) is 19.1 Å². The SMILES string of the molecule is CCC(C)(C1COC1)C(CCCC(=O)O)(C(=O)O)C(C)(CC)C1COC1. The van der Waals surface area contributed by atoms with Crippen LogP contribution in [0, 0.1) is 28.1 Å². The minimum absolute atomic E-state index is 0.00302. The van der Waals surface area contributed by atoms with Gasteiger partial charge in [-0.15, -0.1) is 0 Å². The number of ether oxygens (including phenoxy) is 2. The lowest BCUT2D eigenvalue weighted by Crippen LogP contribution is -2.65. The highest BCUT2D eigenvalue weighted by atomic mass is 16.5. The van der Waals surface area contributed by atoms with E-state index in [1.54, 1.807) is 0 Å². The van der Waals surface area contributed by atoms with Crippen LogP contribution in [0.4, 0.5) is 0 Å². The van der Waals surface area contributed by atoms with Crippen molar-refractivity contribution in [2.24, 2.45) is 28.1 Å². The third-order valence-corrected chi connectivity index (χ3v) is 7.80. The highest BCUT2D eigenvalue weighted by Crippen LogP contribution is 2.65. The van der Waals surface area contributed by atoms with Crippen molar-refractivity contribution in [2.45, 2.75) is 59.8 Å². The van der Waals surface area contributed by atoms with Crippen LogP contribution >= 0.6 is 0 Å². The molecule has 2 atom stereocenters. The predicted molar refractivity (Wildman–Crippen MR) is 97.0 cm³/mol. The summed E-state index contributed by atoms with van der Waals surface area (Å²) in [6.07, 6.45) is 2.19. The second kappa shape index (κ2) is 7.85. The highest BCUT2D eigenvalue weighted by molar-refractivity contribution is 5.77. The van der Waals surface area contributed by atoms with Crippen LogP contribution in [0.3, 0.4) is 0 Å². The molecule has 0 bridgehead atoms. The molecule has 2 rings (SSSR count). The number of hydrogen-bond donors (Lipinski definition) is 2. The third kappa shape index (κ3) is 3.05. The normalized spacial score (nSPS) is 25.2. The van der Waals surface area contributed by atoms with Crippen LogP contribution in [0.1, 0.15) is 59.8 Å². The first-order valence-corrected chi connectivity index (χ1v) is 9.80. The zero-order chi connectivity index (χ0) is 19.6. The van der Waals surface area contributed by atoms with Crippen molar-refractivity contribution in [1.82, 2.24) is 0 Å². The first kappa shape index (κ1) is 21.2. The Hall–Kier alpha value is -1.14. The van der Waals surface area contributed by atoms with Gasteiger partial charge in [0.05, 0.1) is 31.8 Å². The molecular formula is C20H34O6. The van der Waals surface area contributed by atoms with Crippen LogP contribution in [0.25, 0.3) is 0 Å². The molecule has 150 valence electrons. The molecular weight excluding hydrogens is 336 g/mol. The molecule has 2 fully saturated rings. The quantitative estimate of drug-likeness (QED) is 0.579. The summed E-state index contributed by atoms with van der Waals surface area (Å²) < 4.78 is 10.9. The number of hydrogen-bond acceptors (Lipinski definition) is 4. The topological polar surface area (TPSA) is 93.1 Å². The largest absolute Gasteiger partial charge is 0.481 e. The van der Waals surface area contributed by atoms with Crippen molar-refractivity contribution in [2.75, 3.05) is 26.4 Å². The summed E-state index contributed by atoms with van der Waals surface area (Å²) in [5.41, 5.74) is -1.94. The average molecular weight is 370 g/mol. The van der Waals surface area contributed by atoms with Gasteiger partial charge in [-0.25, -0.2) is 0 Å². The van der Waals surface area contributed by atoms with E-state index in [9.17, 15) is 14.7 Å². The van der Waals surface area contributed by atoms with Crippen LogP contribution in [0.15, 0.2) is 0 Å². The minimum atomic E-state index is -1.01. The van der Waals surface area contributed by atoms with E-state index in [1.807, 2.05) is 0 Å². The molecule has 2 aliphatic rings. The van der Waals surface area contributed by atoms with Gasteiger partial charge in [-0.3, -0.25) is 9.59 Å². The van der Waals surface area contributed by atoms with E-state index < -0.39 is 28.2 Å². The summed E-state index contributed by atoms with van der Waals surface area (Å²) in [6, 6.07) is 0. The van der Waals surface area contributed by atoms with Gasteiger partial charge in [0.25, 0.3) is 0 Å². The molecule has 0 radical (unpaired) electrons. The molecule has 0 spiro atoms. The number of carboxylic acids is 2. The molecule has 0 aromatic carbocycles. The molecule has 0 saturated carbocycles. The van der Waals surface area contributed by atoms with Gasteiger partial charge in [0.15, 0.2) is 0 Å². The summed E-state index contributed by atoms with van der Waals surface area (Å²) in [5, 5.41) is 19.7. The lowest BCUT2D eigenvalue weighted by atomic mass is 9.42. The smallest absolute Gasteiger partial charge is 0.310 e. The molecule has 2 heterocycles. The fraction of sp³-hybridized carbons (Fsp3) is 0.900. The van der Waals surface area contributed by atoms with Gasteiger partial charge < -0.3 is 19.7 Å². The van der Waals surface area contributed by atoms with Gasteiger partial charge in [-0.05, 0) is 36.5 Å². The van der Waals surface area contributed by atoms with Crippen LogP contribution in [0.5, 0.6) is 0 Å². The standard InChI is InChI=1S/C20H34O6/c1-5-18(3,14-10-25-11-14)20(17(23)24,9-7-8-16(21)22)19(4,6-2)15-12-26-13-15/h14-15H,5-13H2,1-4H3,(H,21,22)(H,23,24). The molecule has 6 nitrogen and oxygen atoms in total. The Kier molecular flexibility index (Phi) is 6.39. The van der Waals surface area contributed by atoms with Crippen molar-refractivity contribution < 1.29 is 29.3 Å². The van der Waals surface area contributed by atoms with E-state index >= 15 is 0 Å². The Morgan fingerprint density at radius 1 is 0.923 bits per heavy atom. The highest BCUT2D eigenvalue weighted by Gasteiger charge is 2.67. The van der Waals surface area contributed by atoms with E-state index in [4.69, 9.17) is 14.6 Å². The van der Waals surface area contributed by atoms with Crippen molar-refractivity contribution >= 4 is 11.9 Å². The Balaban J connectivity index is 2.55. The van der Waals surface area contributed by atoms with E-state index in [2.05, 4.69) is 27.7 Å². The second-order valence-corrected chi connectivity index (χ2v) is 8.47. The molecule has 0 aromatic rings. The molecule has 0 amide bonds. The van der Waals surface area contributed by atoms with E-state index in [0.29, 0.717) is 39.3 Å². The maximum atomic E-state index is 13.0. The van der Waals surface area contributed by atoms with Crippen molar-refractivity contribution in [3.8, 4) is 0 Å². The van der Waals surface area contributed by atoms with E-state index in [-0.39, 0.29) is 18.3 Å². The van der Waals surface area contributed by atoms with Crippen molar-refractivity contribution in [1.29, 1.82) is 0 Å². The molecule has 2 saturated heterocycles. The van der Waals surface area contributed by atoms with Crippen molar-refractivity contribution in [3.63, 3.8) is 0 Å². The Morgan fingerprint density at radius 2 is 1.35 bits per heavy atom. The molecule has 26 heavy (non-hydrogen) atoms. The predicted octanol–water partition coefficient (Wildman–Crippen LogP) is 3.44. The lowest BCUT2D eigenvalue weighted by Gasteiger charge is -2.63. The van der Waals surface area contributed by atoms with Gasteiger partial charge >= 0.3 is 11.9 Å². The molecule has 2 aliphatic heterocycles. The van der Waals surface area contributed by atoms with E-state index in [1.165, 1.54) is 0 Å². The van der Waals surface area contributed by atoms with Crippen molar-refractivity contribution in [3.05, 3.63) is 0 Å². The summed E-state index contributed by atoms with van der Waals surface area (Å²) >= 11 is 0. The van der Waals surface area contributed by atoms with Gasteiger partial charge in [-0.2, -0.15) is 0 Å². The number of rotatable bonds is 11. The zero-order valence-corrected chi connectivity index (χ0v) is 16.5. The van der Waals surface area contributed by atoms with Crippen LogP contribution in [-0.4, -0.2) is 48.6 Å². The summed E-state index contributed by atoms with van der Waals surface area (Å²) in [4.78, 5) is 24.1. The minimum Gasteiger partial charge on any atom is -0.481 e. The number of carboxylic acid groups (broad SMARTS) is 2. The molecule has 2 N–H and O–H groups in total. The van der Waals surface area contributed by atoms with Gasteiger partial charge in [0.1, 0.15) is 0 Å². The van der Waals surface area contributed by atoms with Crippen LogP contribution in [0.2, 0.25) is 0 Å². The maximum absolute atomic E-state index is 13.0. The molecule has 6 heteroatoms. The Bertz CT molecular complexity index is 496. The van der Waals surface area contributed by atoms with Gasteiger partial charge in [0, 0.05) is 18.3 Å². The summed E-state index contributed by atoms with van der Waals surface area (Å²) in [6.45, 7) is 10.6. The molecule has 0 aliphatic carbocycles. The number of aliphatic carboxylic acids is 2. The average Bonchev–Trinajstić information content (AvgIpc) is 2.46. The fourth-order valence-corrected chi connectivity index (χ4v) is 5.41. The lowest BCUT2D eigenvalue weighted by molar-refractivity contribution is -0.235. The summed E-state index contributed by atoms with van der Waals surface area (Å²) in [7, 11) is 0. The first-order valence-electron chi connectivity index (χ1n) is 9.80. The van der Waals surface area contributed by atoms with E-state index in [0.717, 1.165) is 12.8 Å². The number of carbonyl (C=O) groups is 2.